The van der Waals surface area contributed by atoms with Crippen molar-refractivity contribution in [2.75, 3.05) is 16.0 Å². The minimum atomic E-state index is -4.55. The van der Waals surface area contributed by atoms with Gasteiger partial charge in [0.05, 0.1) is 27.1 Å². The van der Waals surface area contributed by atoms with Crippen LogP contribution in [0.5, 0.6) is 0 Å². The number of carbonyl (C=O) groups excluding carboxylic acids is 1. The second-order valence-corrected chi connectivity index (χ2v) is 18.0. The first kappa shape index (κ1) is 37.8. The summed E-state index contributed by atoms with van der Waals surface area (Å²) in [5, 5.41) is 28.2. The third kappa shape index (κ3) is 5.03. The van der Waals surface area contributed by atoms with E-state index < -0.39 is 32.1 Å². The van der Waals surface area contributed by atoms with E-state index in [0.717, 1.165) is 77.6 Å². The molecule has 0 fully saturated rings. The Kier molecular flexibility index (Phi) is 7.72. The van der Waals surface area contributed by atoms with Crippen molar-refractivity contribution in [1.29, 1.82) is 0 Å². The van der Waals surface area contributed by atoms with E-state index in [0.29, 0.717) is 21.7 Å². The fraction of sp³-hybridized carbons (Fsp3) is 0.0400. The van der Waals surface area contributed by atoms with Crippen LogP contribution >= 0.6 is 0 Å². The Morgan fingerprint density at radius 1 is 0.547 bits per heavy atom. The van der Waals surface area contributed by atoms with Crippen molar-refractivity contribution in [2.24, 2.45) is 4.99 Å². The number of nitrogens with one attached hydrogen (secondary N) is 3. The summed E-state index contributed by atoms with van der Waals surface area (Å²) < 4.78 is 60.4. The van der Waals surface area contributed by atoms with Crippen LogP contribution < -0.4 is 26.5 Å². The fourth-order valence-corrected chi connectivity index (χ4v) is 11.0. The minimum absolute atomic E-state index is 0.133. The van der Waals surface area contributed by atoms with E-state index in [1.807, 2.05) is 103 Å². The molecule has 310 valence electrons. The second-order valence-electron chi connectivity index (χ2n) is 16.2. The number of allylic oxidation sites excluding steroid dienone is 2. The van der Waals surface area contributed by atoms with Crippen LogP contribution in [0.25, 0.3) is 54.9 Å². The molecule has 5 N–H and O–H groups in total. The standard InChI is InChI=1S/C50H30N4O5S.O3S/c55-47-43(33-22-19-26-9-7-17-39-41(26)45(33)53-49(51-39)35-14-4-1-11-29(35)30-12-2-5-15-36(30)49)48(56)44(47)34-23-20-27-10-8-18-40-42(27)46(34)54-50(52-40)37-16-6-3-13-31(37)32-24-21-28(25-38(32)50)60(57,58)59;1-4(2)3/h1-25,51-53,55H,(H,57,58,59);. The van der Waals surface area contributed by atoms with E-state index in [1.54, 1.807) is 6.07 Å². The van der Waals surface area contributed by atoms with Crippen molar-refractivity contribution in [3.63, 3.8) is 0 Å². The van der Waals surface area contributed by atoms with Gasteiger partial charge in [-0.3, -0.25) is 9.35 Å². The lowest BCUT2D eigenvalue weighted by molar-refractivity contribution is -0.109. The molecule has 13 rings (SSSR count). The van der Waals surface area contributed by atoms with Gasteiger partial charge in [0, 0.05) is 55.2 Å². The molecule has 0 saturated heterocycles. The molecule has 3 aliphatic carbocycles. The third-order valence-electron chi connectivity index (χ3n) is 13.0. The molecule has 2 heterocycles. The van der Waals surface area contributed by atoms with Gasteiger partial charge in [-0.05, 0) is 57.3 Å². The molecule has 8 aromatic rings. The number of aliphatic hydroxyl groups is 1. The average Bonchev–Trinajstić information content (AvgIpc) is 3.70. The van der Waals surface area contributed by atoms with Crippen LogP contribution in [-0.2, 0) is 36.8 Å². The maximum Gasteiger partial charge on any atom is 0.425 e. The quantitative estimate of drug-likeness (QED) is 0.108. The molecular weight excluding hydrogens is 849 g/mol. The first-order chi connectivity index (χ1) is 30.9. The molecule has 2 aliphatic heterocycles. The number of anilines is 3. The predicted octanol–water partition coefficient (Wildman–Crippen LogP) is 7.58. The molecule has 0 radical (unpaired) electrons. The van der Waals surface area contributed by atoms with Crippen molar-refractivity contribution in [3.05, 3.63) is 196 Å². The maximum absolute atomic E-state index is 14.9. The van der Waals surface area contributed by atoms with Crippen molar-refractivity contribution in [2.45, 2.75) is 16.2 Å². The highest BCUT2D eigenvalue weighted by Gasteiger charge is 2.49. The summed E-state index contributed by atoms with van der Waals surface area (Å²) in [6.45, 7) is 0. The highest BCUT2D eigenvalue weighted by molar-refractivity contribution is 7.85. The average molecular weight is 879 g/mol. The molecule has 8 aromatic carbocycles. The molecule has 14 heteroatoms. The van der Waals surface area contributed by atoms with Gasteiger partial charge in [0.15, 0.2) is 11.3 Å². The van der Waals surface area contributed by atoms with Crippen molar-refractivity contribution in [3.8, 4) is 22.3 Å². The molecule has 64 heavy (non-hydrogen) atoms. The number of hydrogen-bond donors (Lipinski definition) is 5. The highest BCUT2D eigenvalue weighted by atomic mass is 32.2. The molecule has 1 atom stereocenters. The lowest BCUT2D eigenvalue weighted by Crippen LogP contribution is -2.45. The third-order valence-corrected chi connectivity index (χ3v) is 13.8. The fourth-order valence-electron chi connectivity index (χ4n) is 10.5. The largest absolute Gasteiger partial charge is 0.506 e. The van der Waals surface area contributed by atoms with Crippen molar-refractivity contribution in [1.82, 2.24) is 0 Å². The minimum Gasteiger partial charge on any atom is -0.506 e. The van der Waals surface area contributed by atoms with Gasteiger partial charge in [0.1, 0.15) is 5.76 Å². The molecular formula is C50H30N4O8S2. The number of ketones is 1. The molecule has 0 aromatic heterocycles. The molecule has 2 spiro atoms. The number of benzene rings is 8. The predicted molar refractivity (Wildman–Crippen MR) is 242 cm³/mol. The van der Waals surface area contributed by atoms with Crippen LogP contribution in [0, 0.1) is 0 Å². The van der Waals surface area contributed by atoms with E-state index >= 15 is 0 Å². The lowest BCUT2D eigenvalue weighted by Gasteiger charge is -2.41. The zero-order valence-corrected chi connectivity index (χ0v) is 34.7. The number of hydrogen-bond acceptors (Lipinski definition) is 11. The Hall–Kier alpha value is -7.91. The number of carbonyl (C=O) groups is 1. The monoisotopic (exact) mass is 878 g/mol. The van der Waals surface area contributed by atoms with Gasteiger partial charge in [0.2, 0.25) is 5.78 Å². The summed E-state index contributed by atoms with van der Waals surface area (Å²) in [5.41, 5.74) is 8.43. The van der Waals surface area contributed by atoms with Crippen LogP contribution in [-0.4, -0.2) is 36.5 Å². The van der Waals surface area contributed by atoms with Crippen LogP contribution in [0.15, 0.2) is 167 Å². The Balaban J connectivity index is 0.00000104. The van der Waals surface area contributed by atoms with Crippen LogP contribution in [0.1, 0.15) is 27.8 Å². The second kappa shape index (κ2) is 13.1. The summed E-state index contributed by atoms with van der Waals surface area (Å²) in [6.07, 6.45) is 0. The molecule has 12 nitrogen and oxygen atoms in total. The highest BCUT2D eigenvalue weighted by Crippen LogP contribution is 2.56. The summed E-state index contributed by atoms with van der Waals surface area (Å²) in [4.78, 5) is 20.1. The summed E-state index contributed by atoms with van der Waals surface area (Å²) in [5.74, 6) is -0.453. The van der Waals surface area contributed by atoms with Gasteiger partial charge in [-0.25, -0.2) is 4.99 Å². The molecule has 1 unspecified atom stereocenters. The van der Waals surface area contributed by atoms with Crippen molar-refractivity contribution < 1.29 is 35.5 Å². The van der Waals surface area contributed by atoms with Gasteiger partial charge in [-0.2, -0.15) is 8.42 Å². The number of Topliss-reactive ketones (excluding diaryl/α,β-unsaturated/α-hetero) is 1. The van der Waals surface area contributed by atoms with Gasteiger partial charge in [-0.15, -0.1) is 12.6 Å². The Morgan fingerprint density at radius 3 is 1.73 bits per heavy atom. The van der Waals surface area contributed by atoms with E-state index in [9.17, 15) is 22.9 Å². The number of nitrogens with zero attached hydrogens (tertiary/aromatic N) is 1. The first-order valence-electron chi connectivity index (χ1n) is 20.1. The maximum atomic E-state index is 14.9. The van der Waals surface area contributed by atoms with E-state index in [1.165, 1.54) is 12.1 Å². The van der Waals surface area contributed by atoms with Gasteiger partial charge >= 0.3 is 10.6 Å². The smallest absolute Gasteiger partial charge is 0.425 e. The molecule has 5 aliphatic rings. The van der Waals surface area contributed by atoms with E-state index in [-0.39, 0.29) is 27.6 Å². The van der Waals surface area contributed by atoms with Crippen LogP contribution in [0.2, 0.25) is 0 Å². The van der Waals surface area contributed by atoms with Gasteiger partial charge in [0.25, 0.3) is 10.1 Å². The van der Waals surface area contributed by atoms with Crippen molar-refractivity contribution >= 4 is 76.3 Å². The lowest BCUT2D eigenvalue weighted by atomic mass is 9.79. The number of fused-ring (bicyclic) bond motifs is 10. The molecule has 0 saturated carbocycles. The van der Waals surface area contributed by atoms with E-state index in [4.69, 9.17) is 17.6 Å². The van der Waals surface area contributed by atoms with Gasteiger partial charge < -0.3 is 21.1 Å². The zero-order valence-electron chi connectivity index (χ0n) is 33.0. The van der Waals surface area contributed by atoms with Crippen LogP contribution in [0.4, 0.5) is 17.1 Å². The zero-order chi connectivity index (χ0) is 43.9. The van der Waals surface area contributed by atoms with E-state index in [2.05, 4.69) is 46.3 Å². The normalized spacial score (nSPS) is 18.4. The Bertz CT molecular complexity index is 3870. The summed E-state index contributed by atoms with van der Waals surface area (Å²) in [6, 6.07) is 48.5. The summed E-state index contributed by atoms with van der Waals surface area (Å²) in [7, 11) is -7.66. The number of rotatable bonds is 2. The molecule has 0 bridgehead atoms. The first-order valence-corrected chi connectivity index (χ1v) is 22.6. The SMILES string of the molecule is O=C1C(c2ccc3cccc4c3c2NC2(N4)c3ccccc3-c3ccccc32)=C(O)C1=c1ccc2cccc3c2c1=NC1(N3)c2ccccc2-c2ccc(S(=O)(=O)O)cc21.O=S(=O)=O. The van der Waals surface area contributed by atoms with Gasteiger partial charge in [-0.1, -0.05) is 127 Å². The number of aliphatic hydroxyl groups excluding tert-OH is 1. The Morgan fingerprint density at radius 2 is 1.09 bits per heavy atom. The summed E-state index contributed by atoms with van der Waals surface area (Å²) >= 11 is 0. The molecule has 0 amide bonds. The van der Waals surface area contributed by atoms with Crippen LogP contribution in [0.3, 0.4) is 0 Å². The Labute approximate surface area is 365 Å². The topological polar surface area (TPSA) is 191 Å².